The van der Waals surface area contributed by atoms with Crippen LogP contribution in [0.5, 0.6) is 0 Å². The van der Waals surface area contributed by atoms with Crippen LogP contribution in [-0.4, -0.2) is 24.3 Å². The molecule has 102 valence electrons. The van der Waals surface area contributed by atoms with Crippen molar-refractivity contribution in [2.75, 3.05) is 13.2 Å². The third kappa shape index (κ3) is 5.19. The number of aryl methyl sites for hydroxylation is 1. The average molecular weight is 249 g/mol. The lowest BCUT2D eigenvalue weighted by atomic mass is 9.89. The van der Waals surface area contributed by atoms with Gasteiger partial charge < -0.3 is 10.4 Å². The van der Waals surface area contributed by atoms with Gasteiger partial charge in [0, 0.05) is 19.2 Å². The summed E-state index contributed by atoms with van der Waals surface area (Å²) in [5.41, 5.74) is 2.94. The van der Waals surface area contributed by atoms with Crippen LogP contribution in [0.4, 0.5) is 0 Å². The van der Waals surface area contributed by atoms with E-state index in [2.05, 4.69) is 57.3 Å². The van der Waals surface area contributed by atoms with Crippen LogP contribution in [0.25, 0.3) is 0 Å². The third-order valence-corrected chi connectivity index (χ3v) is 3.51. The number of aliphatic hydroxyl groups is 1. The van der Waals surface area contributed by atoms with Gasteiger partial charge in [0.1, 0.15) is 0 Å². The Morgan fingerprint density at radius 1 is 1.28 bits per heavy atom. The summed E-state index contributed by atoms with van der Waals surface area (Å²) in [7, 11) is 0. The molecule has 1 aromatic carbocycles. The molecular formula is C16H27NO. The van der Waals surface area contributed by atoms with Crippen molar-refractivity contribution in [2.45, 2.75) is 46.6 Å². The van der Waals surface area contributed by atoms with E-state index in [9.17, 15) is 0 Å². The highest BCUT2D eigenvalue weighted by atomic mass is 16.3. The lowest BCUT2D eigenvalue weighted by Gasteiger charge is -2.26. The first kappa shape index (κ1) is 15.2. The molecule has 1 aromatic rings. The SMILES string of the molecule is Cc1ccccc1CC(C)NCC(C)(C)CCO. The predicted molar refractivity (Wildman–Crippen MR) is 77.8 cm³/mol. The van der Waals surface area contributed by atoms with E-state index in [1.807, 2.05) is 0 Å². The Kier molecular flexibility index (Phi) is 5.83. The summed E-state index contributed by atoms with van der Waals surface area (Å²) >= 11 is 0. The van der Waals surface area contributed by atoms with Gasteiger partial charge in [-0.05, 0) is 43.2 Å². The van der Waals surface area contributed by atoms with Crippen molar-refractivity contribution in [3.63, 3.8) is 0 Å². The minimum atomic E-state index is 0.161. The first-order valence-corrected chi connectivity index (χ1v) is 6.83. The number of benzene rings is 1. The summed E-state index contributed by atoms with van der Waals surface area (Å²) in [5.74, 6) is 0. The van der Waals surface area contributed by atoms with Crippen molar-refractivity contribution in [2.24, 2.45) is 5.41 Å². The molecule has 0 aliphatic carbocycles. The van der Waals surface area contributed by atoms with E-state index in [4.69, 9.17) is 5.11 Å². The van der Waals surface area contributed by atoms with Gasteiger partial charge in [-0.15, -0.1) is 0 Å². The van der Waals surface area contributed by atoms with E-state index in [0.29, 0.717) is 6.04 Å². The predicted octanol–water partition coefficient (Wildman–Crippen LogP) is 2.92. The average Bonchev–Trinajstić information content (AvgIpc) is 2.30. The van der Waals surface area contributed by atoms with Crippen molar-refractivity contribution >= 4 is 0 Å². The molecule has 0 spiro atoms. The van der Waals surface area contributed by atoms with Crippen LogP contribution in [0.3, 0.4) is 0 Å². The summed E-state index contributed by atoms with van der Waals surface area (Å²) in [5, 5.41) is 12.6. The monoisotopic (exact) mass is 249 g/mol. The van der Waals surface area contributed by atoms with Gasteiger partial charge in [-0.2, -0.15) is 0 Å². The molecule has 1 atom stereocenters. The van der Waals surface area contributed by atoms with Gasteiger partial charge in [-0.1, -0.05) is 38.1 Å². The van der Waals surface area contributed by atoms with E-state index in [-0.39, 0.29) is 12.0 Å². The Bertz CT molecular complexity index is 360. The molecule has 0 saturated heterocycles. The molecule has 0 bridgehead atoms. The first-order valence-electron chi connectivity index (χ1n) is 6.83. The smallest absolute Gasteiger partial charge is 0.0436 e. The zero-order valence-corrected chi connectivity index (χ0v) is 12.2. The summed E-state index contributed by atoms with van der Waals surface area (Å²) < 4.78 is 0. The van der Waals surface area contributed by atoms with Crippen LogP contribution in [-0.2, 0) is 6.42 Å². The molecule has 0 aromatic heterocycles. The molecular weight excluding hydrogens is 222 g/mol. The van der Waals surface area contributed by atoms with Gasteiger partial charge in [0.05, 0.1) is 0 Å². The highest BCUT2D eigenvalue weighted by Gasteiger charge is 2.17. The van der Waals surface area contributed by atoms with Gasteiger partial charge in [0.25, 0.3) is 0 Å². The maximum Gasteiger partial charge on any atom is 0.0436 e. The van der Waals surface area contributed by atoms with E-state index < -0.39 is 0 Å². The minimum absolute atomic E-state index is 0.161. The van der Waals surface area contributed by atoms with Crippen LogP contribution < -0.4 is 5.32 Å². The zero-order chi connectivity index (χ0) is 13.6. The molecule has 0 radical (unpaired) electrons. The lowest BCUT2D eigenvalue weighted by Crippen LogP contribution is -2.37. The van der Waals surface area contributed by atoms with Crippen molar-refractivity contribution in [3.8, 4) is 0 Å². The molecule has 1 rings (SSSR count). The van der Waals surface area contributed by atoms with E-state index >= 15 is 0 Å². The van der Waals surface area contributed by atoms with E-state index in [0.717, 1.165) is 19.4 Å². The van der Waals surface area contributed by atoms with Crippen molar-refractivity contribution in [1.82, 2.24) is 5.32 Å². The van der Waals surface area contributed by atoms with Crippen LogP contribution >= 0.6 is 0 Å². The maximum absolute atomic E-state index is 9.01. The molecule has 0 aliphatic rings. The molecule has 18 heavy (non-hydrogen) atoms. The topological polar surface area (TPSA) is 32.3 Å². The normalized spacial score (nSPS) is 13.6. The molecule has 0 amide bonds. The Hall–Kier alpha value is -0.860. The zero-order valence-electron chi connectivity index (χ0n) is 12.2. The Labute approximate surface area is 111 Å². The Balaban J connectivity index is 2.43. The number of rotatable bonds is 7. The highest BCUT2D eigenvalue weighted by Crippen LogP contribution is 2.18. The molecule has 2 nitrogen and oxygen atoms in total. The number of hydrogen-bond acceptors (Lipinski definition) is 2. The van der Waals surface area contributed by atoms with Crippen molar-refractivity contribution in [1.29, 1.82) is 0 Å². The maximum atomic E-state index is 9.01. The molecule has 0 saturated carbocycles. The standard InChI is InChI=1S/C16H27NO/c1-13-7-5-6-8-15(13)11-14(2)17-12-16(3,4)9-10-18/h5-8,14,17-18H,9-12H2,1-4H3. The minimum Gasteiger partial charge on any atom is -0.396 e. The Morgan fingerprint density at radius 3 is 2.56 bits per heavy atom. The number of aliphatic hydroxyl groups excluding tert-OH is 1. The highest BCUT2D eigenvalue weighted by molar-refractivity contribution is 5.26. The van der Waals surface area contributed by atoms with Crippen LogP contribution in [0.15, 0.2) is 24.3 Å². The first-order chi connectivity index (χ1) is 8.44. The molecule has 0 fully saturated rings. The van der Waals surface area contributed by atoms with Gasteiger partial charge in [0.15, 0.2) is 0 Å². The molecule has 0 aliphatic heterocycles. The fourth-order valence-electron chi connectivity index (χ4n) is 2.08. The lowest BCUT2D eigenvalue weighted by molar-refractivity contribution is 0.203. The summed E-state index contributed by atoms with van der Waals surface area (Å²) in [6, 6.07) is 9.01. The van der Waals surface area contributed by atoms with Crippen LogP contribution in [0.2, 0.25) is 0 Å². The summed E-state index contributed by atoms with van der Waals surface area (Å²) in [4.78, 5) is 0. The molecule has 0 heterocycles. The van der Waals surface area contributed by atoms with Crippen LogP contribution in [0.1, 0.15) is 38.3 Å². The van der Waals surface area contributed by atoms with Crippen LogP contribution in [0, 0.1) is 12.3 Å². The van der Waals surface area contributed by atoms with Crippen molar-refractivity contribution < 1.29 is 5.11 Å². The summed E-state index contributed by atoms with van der Waals surface area (Å²) in [6.07, 6.45) is 1.90. The van der Waals surface area contributed by atoms with E-state index in [1.165, 1.54) is 11.1 Å². The number of hydrogen-bond donors (Lipinski definition) is 2. The second-order valence-electron chi connectivity index (χ2n) is 6.05. The molecule has 1 unspecified atom stereocenters. The molecule has 2 heteroatoms. The third-order valence-electron chi connectivity index (χ3n) is 3.51. The largest absolute Gasteiger partial charge is 0.396 e. The van der Waals surface area contributed by atoms with Gasteiger partial charge in [0.2, 0.25) is 0 Å². The number of nitrogens with one attached hydrogen (secondary N) is 1. The quantitative estimate of drug-likeness (QED) is 0.779. The van der Waals surface area contributed by atoms with Crippen molar-refractivity contribution in [3.05, 3.63) is 35.4 Å². The Morgan fingerprint density at radius 2 is 1.94 bits per heavy atom. The van der Waals surface area contributed by atoms with Gasteiger partial charge >= 0.3 is 0 Å². The van der Waals surface area contributed by atoms with Gasteiger partial charge in [-0.25, -0.2) is 0 Å². The second-order valence-corrected chi connectivity index (χ2v) is 6.05. The van der Waals surface area contributed by atoms with Gasteiger partial charge in [-0.3, -0.25) is 0 Å². The fourth-order valence-corrected chi connectivity index (χ4v) is 2.08. The molecule has 2 N–H and O–H groups in total. The fraction of sp³-hybridized carbons (Fsp3) is 0.625. The summed E-state index contributed by atoms with van der Waals surface area (Å²) in [6.45, 7) is 9.98. The second kappa shape index (κ2) is 6.91. The van der Waals surface area contributed by atoms with E-state index in [1.54, 1.807) is 0 Å².